The summed E-state index contributed by atoms with van der Waals surface area (Å²) >= 11 is 1.07. The number of nitrogens with zero attached hydrogens (tertiary/aromatic N) is 2. The van der Waals surface area contributed by atoms with Gasteiger partial charge in [0, 0.05) is 24.0 Å². The minimum atomic E-state index is -3.56. The lowest BCUT2D eigenvalue weighted by Crippen LogP contribution is -2.42. The molecule has 1 fully saturated rings. The van der Waals surface area contributed by atoms with Crippen molar-refractivity contribution in [1.29, 1.82) is 0 Å². The largest absolute Gasteiger partial charge is 0.481 e. The number of hydrogen-bond acceptors (Lipinski definition) is 5. The van der Waals surface area contributed by atoms with E-state index in [-0.39, 0.29) is 16.7 Å². The predicted octanol–water partition coefficient (Wildman–Crippen LogP) is 1.87. The molecule has 0 atom stereocenters. The molecule has 2 rings (SSSR count). The molecule has 23 heavy (non-hydrogen) atoms. The molecule has 1 saturated carbocycles. The number of carbonyl (C=O) groups is 1. The Morgan fingerprint density at radius 1 is 1.26 bits per heavy atom. The van der Waals surface area contributed by atoms with E-state index < -0.39 is 16.0 Å². The first kappa shape index (κ1) is 18.4. The number of likely N-dealkylation sites (N-methyl/N-ethyl adjacent to an activating group) is 1. The van der Waals surface area contributed by atoms with E-state index in [4.69, 9.17) is 5.11 Å². The maximum Gasteiger partial charge on any atom is 0.308 e. The number of aliphatic carboxylic acids is 1. The zero-order valence-electron chi connectivity index (χ0n) is 13.6. The topological polar surface area (TPSA) is 77.9 Å². The molecule has 1 N–H and O–H groups in total. The molecule has 8 heteroatoms. The van der Waals surface area contributed by atoms with Crippen LogP contribution in [-0.4, -0.2) is 61.9 Å². The highest BCUT2D eigenvalue weighted by Gasteiger charge is 2.34. The van der Waals surface area contributed by atoms with Gasteiger partial charge >= 0.3 is 5.97 Å². The Morgan fingerprint density at radius 2 is 1.91 bits per heavy atom. The van der Waals surface area contributed by atoms with Crippen LogP contribution in [0.25, 0.3) is 0 Å². The highest BCUT2D eigenvalue weighted by molar-refractivity contribution is 7.91. The van der Waals surface area contributed by atoms with Gasteiger partial charge in [0.25, 0.3) is 10.0 Å². The van der Waals surface area contributed by atoms with Crippen LogP contribution in [0.2, 0.25) is 0 Å². The molecule has 0 aromatic carbocycles. The first-order chi connectivity index (χ1) is 10.8. The van der Waals surface area contributed by atoms with Gasteiger partial charge in [0.1, 0.15) is 4.21 Å². The van der Waals surface area contributed by atoms with Crippen LogP contribution in [0, 0.1) is 0 Å². The Morgan fingerprint density at radius 3 is 2.48 bits per heavy atom. The average molecular weight is 361 g/mol. The molecule has 0 unspecified atom stereocenters. The summed E-state index contributed by atoms with van der Waals surface area (Å²) in [7, 11) is 0.289. The Hall–Kier alpha value is -0.960. The van der Waals surface area contributed by atoms with Crippen LogP contribution >= 0.6 is 11.3 Å². The number of carboxylic acids is 1. The predicted molar refractivity (Wildman–Crippen MR) is 90.4 cm³/mol. The molecule has 1 aliphatic rings. The number of thiophene rings is 1. The zero-order valence-corrected chi connectivity index (χ0v) is 15.2. The van der Waals surface area contributed by atoms with Gasteiger partial charge in [-0.1, -0.05) is 12.8 Å². The van der Waals surface area contributed by atoms with E-state index in [0.717, 1.165) is 37.0 Å². The molecule has 1 aromatic rings. The third-order valence-corrected chi connectivity index (χ3v) is 7.53. The molecule has 130 valence electrons. The summed E-state index contributed by atoms with van der Waals surface area (Å²) in [6, 6.07) is 3.20. The van der Waals surface area contributed by atoms with Crippen LogP contribution in [0.4, 0.5) is 0 Å². The maximum absolute atomic E-state index is 13.0. The normalized spacial score (nSPS) is 16.5. The van der Waals surface area contributed by atoms with Crippen LogP contribution in [0.15, 0.2) is 16.3 Å². The molecule has 0 saturated heterocycles. The molecule has 1 aromatic heterocycles. The SMILES string of the molecule is CN(C)CCN(C1CCCC1)S(=O)(=O)c1ccc(CC(=O)O)s1. The van der Waals surface area contributed by atoms with Gasteiger partial charge in [-0.05, 0) is 39.1 Å². The molecular weight excluding hydrogens is 336 g/mol. The molecule has 0 aliphatic heterocycles. The van der Waals surface area contributed by atoms with Crippen molar-refractivity contribution in [2.45, 2.75) is 42.4 Å². The Balaban J connectivity index is 2.23. The number of sulfonamides is 1. The molecule has 0 amide bonds. The van der Waals surface area contributed by atoms with Crippen molar-refractivity contribution in [3.63, 3.8) is 0 Å². The van der Waals surface area contributed by atoms with E-state index in [2.05, 4.69) is 0 Å². The highest BCUT2D eigenvalue weighted by Crippen LogP contribution is 2.31. The molecule has 0 bridgehead atoms. The third kappa shape index (κ3) is 4.76. The number of hydrogen-bond donors (Lipinski definition) is 1. The van der Waals surface area contributed by atoms with Gasteiger partial charge in [0.15, 0.2) is 0 Å². The third-order valence-electron chi connectivity index (χ3n) is 4.02. The second-order valence-corrected chi connectivity index (χ2v) is 9.43. The summed E-state index contributed by atoms with van der Waals surface area (Å²) < 4.78 is 27.9. The molecule has 0 spiro atoms. The van der Waals surface area contributed by atoms with Crippen LogP contribution in [0.5, 0.6) is 0 Å². The van der Waals surface area contributed by atoms with Crippen molar-refractivity contribution >= 4 is 27.3 Å². The van der Waals surface area contributed by atoms with E-state index in [9.17, 15) is 13.2 Å². The molecular formula is C15H24N2O4S2. The Labute approximate surface area is 141 Å². The van der Waals surface area contributed by atoms with Crippen molar-refractivity contribution in [3.8, 4) is 0 Å². The quantitative estimate of drug-likeness (QED) is 0.766. The van der Waals surface area contributed by atoms with Gasteiger partial charge in [0.05, 0.1) is 6.42 Å². The van der Waals surface area contributed by atoms with Gasteiger partial charge in [-0.2, -0.15) is 4.31 Å². The Bertz CT molecular complexity index is 634. The lowest BCUT2D eigenvalue weighted by molar-refractivity contribution is -0.136. The Kier molecular flexibility index (Phi) is 6.19. The fraction of sp³-hybridized carbons (Fsp3) is 0.667. The van der Waals surface area contributed by atoms with Crippen LogP contribution in [0.3, 0.4) is 0 Å². The lowest BCUT2D eigenvalue weighted by Gasteiger charge is -2.28. The molecule has 6 nitrogen and oxygen atoms in total. The summed E-state index contributed by atoms with van der Waals surface area (Å²) in [6.07, 6.45) is 3.79. The summed E-state index contributed by atoms with van der Waals surface area (Å²) in [5.74, 6) is -0.948. The van der Waals surface area contributed by atoms with Gasteiger partial charge in [0.2, 0.25) is 0 Å². The van der Waals surface area contributed by atoms with Crippen molar-refractivity contribution in [1.82, 2.24) is 9.21 Å². The first-order valence-corrected chi connectivity index (χ1v) is 10.0. The monoisotopic (exact) mass is 360 g/mol. The summed E-state index contributed by atoms with van der Waals surface area (Å²) in [4.78, 5) is 13.3. The number of rotatable bonds is 8. The zero-order chi connectivity index (χ0) is 17.0. The van der Waals surface area contributed by atoms with E-state index in [1.807, 2.05) is 19.0 Å². The van der Waals surface area contributed by atoms with E-state index in [1.54, 1.807) is 10.4 Å². The van der Waals surface area contributed by atoms with Crippen molar-refractivity contribution in [3.05, 3.63) is 17.0 Å². The minimum absolute atomic E-state index is 0.0602. The summed E-state index contributed by atoms with van der Waals surface area (Å²) in [5, 5.41) is 8.85. The lowest BCUT2D eigenvalue weighted by atomic mass is 10.2. The van der Waals surface area contributed by atoms with E-state index in [0.29, 0.717) is 18.0 Å². The van der Waals surface area contributed by atoms with E-state index >= 15 is 0 Å². The van der Waals surface area contributed by atoms with E-state index in [1.165, 1.54) is 6.07 Å². The maximum atomic E-state index is 13.0. The second-order valence-electron chi connectivity index (χ2n) is 6.15. The number of carboxylic acid groups (broad SMARTS) is 1. The highest BCUT2D eigenvalue weighted by atomic mass is 32.2. The van der Waals surface area contributed by atoms with Crippen LogP contribution in [0.1, 0.15) is 30.6 Å². The minimum Gasteiger partial charge on any atom is -0.481 e. The fourth-order valence-electron chi connectivity index (χ4n) is 2.85. The summed E-state index contributed by atoms with van der Waals surface area (Å²) in [6.45, 7) is 1.13. The van der Waals surface area contributed by atoms with Crippen LogP contribution < -0.4 is 0 Å². The standard InChI is InChI=1S/C15H24N2O4S2/c1-16(2)9-10-17(12-5-3-4-6-12)23(20,21)15-8-7-13(22-15)11-14(18)19/h7-8,12H,3-6,9-11H2,1-2H3,(H,18,19). The fourth-order valence-corrected chi connectivity index (χ4v) is 6.00. The van der Waals surface area contributed by atoms with Gasteiger partial charge in [-0.25, -0.2) is 8.42 Å². The van der Waals surface area contributed by atoms with Crippen molar-refractivity contribution in [2.24, 2.45) is 0 Å². The van der Waals surface area contributed by atoms with Crippen molar-refractivity contribution < 1.29 is 18.3 Å². The van der Waals surface area contributed by atoms with Crippen molar-refractivity contribution in [2.75, 3.05) is 27.2 Å². The van der Waals surface area contributed by atoms with Gasteiger partial charge in [-0.15, -0.1) is 11.3 Å². The smallest absolute Gasteiger partial charge is 0.308 e. The van der Waals surface area contributed by atoms with Gasteiger partial charge < -0.3 is 10.0 Å². The first-order valence-electron chi connectivity index (χ1n) is 7.78. The second kappa shape index (κ2) is 7.74. The molecule has 1 heterocycles. The summed E-state index contributed by atoms with van der Waals surface area (Å²) in [5.41, 5.74) is 0. The molecule has 0 radical (unpaired) electrons. The van der Waals surface area contributed by atoms with Gasteiger partial charge in [-0.3, -0.25) is 4.79 Å². The molecule has 1 aliphatic carbocycles. The van der Waals surface area contributed by atoms with Crippen LogP contribution in [-0.2, 0) is 21.2 Å². The average Bonchev–Trinajstić information content (AvgIpc) is 3.09.